The van der Waals surface area contributed by atoms with E-state index >= 15 is 0 Å². The highest BCUT2D eigenvalue weighted by atomic mass is 19.4. The highest BCUT2D eigenvalue weighted by molar-refractivity contribution is 6.07. The van der Waals surface area contributed by atoms with Crippen molar-refractivity contribution in [3.05, 3.63) is 78.2 Å². The van der Waals surface area contributed by atoms with Crippen LogP contribution in [0.15, 0.2) is 66.9 Å². The maximum Gasteiger partial charge on any atom is 0.573 e. The van der Waals surface area contributed by atoms with Crippen LogP contribution in [-0.4, -0.2) is 17.3 Å². The summed E-state index contributed by atoms with van der Waals surface area (Å²) in [5, 5.41) is 5.41. The number of anilines is 3. The smallest absolute Gasteiger partial charge is 0.406 e. The summed E-state index contributed by atoms with van der Waals surface area (Å²) in [7, 11) is 0. The molecular formula is C19H13F4N3O2. The first-order valence-corrected chi connectivity index (χ1v) is 7.95. The van der Waals surface area contributed by atoms with Crippen LogP contribution in [0.2, 0.25) is 0 Å². The van der Waals surface area contributed by atoms with Gasteiger partial charge in [0.25, 0.3) is 5.91 Å². The average molecular weight is 391 g/mol. The van der Waals surface area contributed by atoms with E-state index in [4.69, 9.17) is 0 Å². The van der Waals surface area contributed by atoms with Gasteiger partial charge in [0.1, 0.15) is 17.4 Å². The number of nitrogens with one attached hydrogen (secondary N) is 2. The van der Waals surface area contributed by atoms with Crippen molar-refractivity contribution in [2.45, 2.75) is 6.36 Å². The van der Waals surface area contributed by atoms with Gasteiger partial charge in [-0.15, -0.1) is 13.2 Å². The summed E-state index contributed by atoms with van der Waals surface area (Å²) >= 11 is 0. The molecule has 3 rings (SSSR count). The molecule has 0 aliphatic carbocycles. The van der Waals surface area contributed by atoms with E-state index in [9.17, 15) is 22.4 Å². The lowest BCUT2D eigenvalue weighted by atomic mass is 10.2. The largest absolute Gasteiger partial charge is 0.573 e. The second kappa shape index (κ2) is 7.95. The maximum absolute atomic E-state index is 13.3. The molecule has 0 fully saturated rings. The summed E-state index contributed by atoms with van der Waals surface area (Å²) in [6.45, 7) is 0. The van der Waals surface area contributed by atoms with Crippen molar-refractivity contribution in [2.75, 3.05) is 10.6 Å². The Morgan fingerprint density at radius 1 is 0.964 bits per heavy atom. The van der Waals surface area contributed by atoms with Crippen LogP contribution in [0.3, 0.4) is 0 Å². The van der Waals surface area contributed by atoms with Gasteiger partial charge in [0.2, 0.25) is 0 Å². The molecule has 0 atom stereocenters. The van der Waals surface area contributed by atoms with E-state index in [-0.39, 0.29) is 17.1 Å². The summed E-state index contributed by atoms with van der Waals surface area (Å²) < 4.78 is 53.7. The molecule has 1 heterocycles. The zero-order valence-corrected chi connectivity index (χ0v) is 14.1. The highest BCUT2D eigenvalue weighted by Crippen LogP contribution is 2.25. The number of rotatable bonds is 5. The van der Waals surface area contributed by atoms with Crippen molar-refractivity contribution in [1.29, 1.82) is 0 Å². The Hall–Kier alpha value is -3.62. The van der Waals surface area contributed by atoms with Crippen LogP contribution in [0.25, 0.3) is 0 Å². The molecule has 1 aromatic heterocycles. The number of hydrogen-bond acceptors (Lipinski definition) is 4. The zero-order chi connectivity index (χ0) is 20.1. The number of amides is 1. The predicted molar refractivity (Wildman–Crippen MR) is 95.0 cm³/mol. The monoisotopic (exact) mass is 391 g/mol. The Bertz CT molecular complexity index is 975. The van der Waals surface area contributed by atoms with E-state index in [1.54, 1.807) is 12.1 Å². The molecule has 0 spiro atoms. The molecule has 0 aliphatic heterocycles. The number of pyridine rings is 1. The third-order valence-corrected chi connectivity index (χ3v) is 3.49. The van der Waals surface area contributed by atoms with Crippen molar-refractivity contribution in [2.24, 2.45) is 0 Å². The minimum Gasteiger partial charge on any atom is -0.406 e. The minimum atomic E-state index is -4.79. The third kappa shape index (κ3) is 5.19. The van der Waals surface area contributed by atoms with E-state index < -0.39 is 23.8 Å². The molecule has 0 unspecified atom stereocenters. The summed E-state index contributed by atoms with van der Waals surface area (Å²) in [6, 6.07) is 13.4. The van der Waals surface area contributed by atoms with Gasteiger partial charge in [-0.25, -0.2) is 9.37 Å². The Balaban J connectivity index is 1.74. The van der Waals surface area contributed by atoms with Gasteiger partial charge < -0.3 is 15.4 Å². The zero-order valence-electron chi connectivity index (χ0n) is 14.1. The maximum atomic E-state index is 13.3. The van der Waals surface area contributed by atoms with E-state index in [0.29, 0.717) is 5.69 Å². The third-order valence-electron chi connectivity index (χ3n) is 3.49. The first-order valence-electron chi connectivity index (χ1n) is 7.95. The van der Waals surface area contributed by atoms with Crippen molar-refractivity contribution in [3.8, 4) is 5.75 Å². The van der Waals surface area contributed by atoms with E-state index in [1.807, 2.05) is 0 Å². The van der Waals surface area contributed by atoms with Gasteiger partial charge in [0.15, 0.2) is 0 Å². The fourth-order valence-electron chi connectivity index (χ4n) is 2.33. The number of carbonyl (C=O) groups is 1. The van der Waals surface area contributed by atoms with Crippen LogP contribution in [0.1, 0.15) is 10.4 Å². The van der Waals surface area contributed by atoms with Crippen LogP contribution in [0, 0.1) is 5.82 Å². The molecular weight excluding hydrogens is 378 g/mol. The second-order valence-corrected chi connectivity index (χ2v) is 5.56. The highest BCUT2D eigenvalue weighted by Gasteiger charge is 2.31. The van der Waals surface area contributed by atoms with Crippen LogP contribution in [0.5, 0.6) is 5.75 Å². The quantitative estimate of drug-likeness (QED) is 0.593. The number of halogens is 4. The van der Waals surface area contributed by atoms with Crippen LogP contribution in [-0.2, 0) is 0 Å². The normalized spacial score (nSPS) is 11.0. The van der Waals surface area contributed by atoms with Crippen molar-refractivity contribution in [1.82, 2.24) is 4.98 Å². The van der Waals surface area contributed by atoms with Crippen molar-refractivity contribution in [3.63, 3.8) is 0 Å². The van der Waals surface area contributed by atoms with Gasteiger partial charge in [0, 0.05) is 17.6 Å². The lowest BCUT2D eigenvalue weighted by Crippen LogP contribution is -2.17. The lowest BCUT2D eigenvalue weighted by Gasteiger charge is -2.12. The molecule has 2 N–H and O–H groups in total. The fourth-order valence-corrected chi connectivity index (χ4v) is 2.33. The molecule has 5 nitrogen and oxygen atoms in total. The van der Waals surface area contributed by atoms with E-state index in [0.717, 1.165) is 12.1 Å². The summed E-state index contributed by atoms with van der Waals surface area (Å²) in [5.74, 6) is -1.20. The van der Waals surface area contributed by atoms with Crippen molar-refractivity contribution < 1.29 is 27.1 Å². The van der Waals surface area contributed by atoms with Crippen molar-refractivity contribution >= 4 is 23.1 Å². The Morgan fingerprint density at radius 2 is 1.71 bits per heavy atom. The number of benzene rings is 2. The SMILES string of the molecule is O=C(Nc1ccc(OC(F)(F)F)cc1)c1cccnc1Nc1cccc(F)c1. The Labute approximate surface area is 157 Å². The van der Waals surface area contributed by atoms with Crippen LogP contribution in [0.4, 0.5) is 34.8 Å². The summed E-state index contributed by atoms with van der Waals surface area (Å²) in [4.78, 5) is 16.6. The molecule has 0 saturated heterocycles. The number of hydrogen-bond donors (Lipinski definition) is 2. The lowest BCUT2D eigenvalue weighted by molar-refractivity contribution is -0.274. The second-order valence-electron chi connectivity index (χ2n) is 5.56. The Morgan fingerprint density at radius 3 is 2.39 bits per heavy atom. The Kier molecular flexibility index (Phi) is 5.44. The van der Waals surface area contributed by atoms with Crippen LogP contribution >= 0.6 is 0 Å². The van der Waals surface area contributed by atoms with E-state index in [1.165, 1.54) is 42.6 Å². The molecule has 2 aromatic carbocycles. The van der Waals surface area contributed by atoms with Crippen LogP contribution < -0.4 is 15.4 Å². The number of alkyl halides is 3. The molecule has 3 aromatic rings. The van der Waals surface area contributed by atoms with Gasteiger partial charge in [-0.05, 0) is 54.6 Å². The average Bonchev–Trinajstić information content (AvgIpc) is 2.62. The molecule has 0 aliphatic rings. The number of carbonyl (C=O) groups excluding carboxylic acids is 1. The number of ether oxygens (including phenoxy) is 1. The minimum absolute atomic E-state index is 0.169. The van der Waals surface area contributed by atoms with Gasteiger partial charge in [0.05, 0.1) is 5.56 Å². The van der Waals surface area contributed by atoms with Gasteiger partial charge in [-0.1, -0.05) is 6.07 Å². The molecule has 144 valence electrons. The molecule has 0 bridgehead atoms. The molecule has 1 amide bonds. The summed E-state index contributed by atoms with van der Waals surface area (Å²) in [5.41, 5.74) is 0.837. The van der Waals surface area contributed by atoms with Gasteiger partial charge in [-0.3, -0.25) is 4.79 Å². The molecule has 0 saturated carbocycles. The molecule has 9 heteroatoms. The first-order chi connectivity index (χ1) is 13.3. The number of aromatic nitrogens is 1. The molecule has 0 radical (unpaired) electrons. The topological polar surface area (TPSA) is 63.2 Å². The van der Waals surface area contributed by atoms with Gasteiger partial charge in [-0.2, -0.15) is 0 Å². The first kappa shape index (κ1) is 19.2. The standard InChI is InChI=1S/C19H13F4N3O2/c20-12-3-1-4-14(11-12)25-17-16(5-2-10-24-17)18(27)26-13-6-8-15(9-7-13)28-19(21,22)23/h1-11H,(H,24,25)(H,26,27). The van der Waals surface area contributed by atoms with E-state index in [2.05, 4.69) is 20.4 Å². The van der Waals surface area contributed by atoms with Gasteiger partial charge >= 0.3 is 6.36 Å². The summed E-state index contributed by atoms with van der Waals surface area (Å²) in [6.07, 6.45) is -3.33. The molecule has 28 heavy (non-hydrogen) atoms. The number of nitrogens with zero attached hydrogens (tertiary/aromatic N) is 1. The fraction of sp³-hybridized carbons (Fsp3) is 0.0526. The predicted octanol–water partition coefficient (Wildman–Crippen LogP) is 5.12.